The maximum absolute atomic E-state index is 2.55. The van der Waals surface area contributed by atoms with Gasteiger partial charge in [-0.1, -0.05) is 105 Å². The average Bonchev–Trinajstić information content (AvgIpc) is 3.08. The van der Waals surface area contributed by atoms with Crippen molar-refractivity contribution in [3.8, 4) is 22.4 Å². The molecule has 28 heavy (non-hydrogen) atoms. The van der Waals surface area contributed by atoms with E-state index < -0.39 is 0 Å². The number of aromatic nitrogens is 1. The van der Waals surface area contributed by atoms with Crippen LogP contribution >= 0.6 is 0 Å². The lowest BCUT2D eigenvalue weighted by Gasteiger charge is -2.15. The predicted molar refractivity (Wildman–Crippen MR) is 120 cm³/mol. The molecule has 0 aliphatic carbocycles. The van der Waals surface area contributed by atoms with Crippen LogP contribution in [0.5, 0.6) is 0 Å². The summed E-state index contributed by atoms with van der Waals surface area (Å²) in [5.41, 5.74) is 9.58. The summed E-state index contributed by atoms with van der Waals surface area (Å²) < 4.78 is 2.55. The van der Waals surface area contributed by atoms with E-state index in [0.29, 0.717) is 0 Å². The molecule has 0 saturated carbocycles. The van der Waals surface area contributed by atoms with Crippen molar-refractivity contribution in [3.63, 3.8) is 0 Å². The molecule has 0 radical (unpaired) electrons. The number of hydrogen-bond donors (Lipinski definition) is 0. The van der Waals surface area contributed by atoms with Gasteiger partial charge in [-0.3, -0.25) is 0 Å². The first kappa shape index (κ1) is 18.3. The van der Waals surface area contributed by atoms with Crippen molar-refractivity contribution >= 4 is 0 Å². The summed E-state index contributed by atoms with van der Waals surface area (Å²) >= 11 is 0. The highest BCUT2D eigenvalue weighted by Crippen LogP contribution is 2.40. The number of nitrogens with zero attached hydrogens (tertiary/aromatic N) is 1. The van der Waals surface area contributed by atoms with Crippen molar-refractivity contribution in [2.75, 3.05) is 0 Å². The lowest BCUT2D eigenvalue weighted by molar-refractivity contribution is 0.750. The molecule has 1 aromatic heterocycles. The van der Waals surface area contributed by atoms with Crippen LogP contribution < -0.4 is 0 Å². The Morgan fingerprint density at radius 1 is 0.607 bits per heavy atom. The molecule has 1 heterocycles. The van der Waals surface area contributed by atoms with E-state index in [1.165, 1.54) is 39.2 Å². The zero-order valence-corrected chi connectivity index (χ0v) is 16.7. The summed E-state index contributed by atoms with van der Waals surface area (Å²) in [6, 6.07) is 32.5. The highest BCUT2D eigenvalue weighted by atomic mass is 15.0. The second-order valence-electron chi connectivity index (χ2n) is 7.16. The molecular weight excluding hydrogens is 338 g/mol. The Labute approximate surface area is 168 Å². The summed E-state index contributed by atoms with van der Waals surface area (Å²) in [6.45, 7) is 5.45. The largest absolute Gasteiger partial charge is 0.339 e. The van der Waals surface area contributed by atoms with Crippen molar-refractivity contribution in [1.82, 2.24) is 4.57 Å². The van der Waals surface area contributed by atoms with Gasteiger partial charge in [0.25, 0.3) is 0 Å². The predicted octanol–water partition coefficient (Wildman–Crippen LogP) is 7.00. The van der Waals surface area contributed by atoms with Gasteiger partial charge in [0, 0.05) is 17.8 Å². The molecule has 1 nitrogen and oxygen atoms in total. The van der Waals surface area contributed by atoms with E-state index in [2.05, 4.69) is 109 Å². The normalized spacial score (nSPS) is 10.9. The van der Waals surface area contributed by atoms with E-state index >= 15 is 0 Å². The molecule has 140 valence electrons. The van der Waals surface area contributed by atoms with Crippen molar-refractivity contribution in [3.05, 3.63) is 108 Å². The molecular formula is C27H27N. The van der Waals surface area contributed by atoms with Gasteiger partial charge in [-0.15, -0.1) is 0 Å². The topological polar surface area (TPSA) is 4.93 Å². The molecule has 0 aliphatic heterocycles. The molecule has 0 spiro atoms. The molecule has 0 unspecified atom stereocenters. The third-order valence-corrected chi connectivity index (χ3v) is 5.46. The van der Waals surface area contributed by atoms with E-state index in [4.69, 9.17) is 0 Å². The first-order valence-corrected chi connectivity index (χ1v) is 10.2. The van der Waals surface area contributed by atoms with Crippen LogP contribution in [0, 0.1) is 0 Å². The minimum Gasteiger partial charge on any atom is -0.339 e. The lowest BCUT2D eigenvalue weighted by Crippen LogP contribution is -2.06. The van der Waals surface area contributed by atoms with Crippen molar-refractivity contribution < 1.29 is 0 Å². The fourth-order valence-electron chi connectivity index (χ4n) is 4.26. The molecule has 0 fully saturated rings. The van der Waals surface area contributed by atoms with Gasteiger partial charge in [-0.05, 0) is 35.1 Å². The minimum atomic E-state index is 0.897. The number of benzene rings is 3. The first-order chi connectivity index (χ1) is 13.8. The molecule has 3 aromatic carbocycles. The molecule has 0 atom stereocenters. The van der Waals surface area contributed by atoms with Crippen molar-refractivity contribution in [2.45, 2.75) is 33.2 Å². The van der Waals surface area contributed by atoms with Gasteiger partial charge in [-0.2, -0.15) is 0 Å². The quantitative estimate of drug-likeness (QED) is 0.347. The lowest BCUT2D eigenvalue weighted by atomic mass is 9.95. The van der Waals surface area contributed by atoms with Crippen LogP contribution in [0.3, 0.4) is 0 Å². The molecule has 1 heteroatoms. The van der Waals surface area contributed by atoms with Crippen LogP contribution in [0.25, 0.3) is 22.4 Å². The van der Waals surface area contributed by atoms with E-state index in [0.717, 1.165) is 19.4 Å². The van der Waals surface area contributed by atoms with Gasteiger partial charge < -0.3 is 4.57 Å². The fraction of sp³-hybridized carbons (Fsp3) is 0.185. The monoisotopic (exact) mass is 365 g/mol. The van der Waals surface area contributed by atoms with Crippen LogP contribution in [0.4, 0.5) is 0 Å². The molecule has 0 saturated heterocycles. The third-order valence-electron chi connectivity index (χ3n) is 5.46. The second-order valence-corrected chi connectivity index (χ2v) is 7.16. The Morgan fingerprint density at radius 2 is 1.14 bits per heavy atom. The maximum atomic E-state index is 2.55. The zero-order valence-electron chi connectivity index (χ0n) is 16.7. The van der Waals surface area contributed by atoms with Gasteiger partial charge in [0.2, 0.25) is 0 Å². The third kappa shape index (κ3) is 3.41. The van der Waals surface area contributed by atoms with Crippen molar-refractivity contribution in [2.24, 2.45) is 0 Å². The van der Waals surface area contributed by atoms with Gasteiger partial charge in [0.1, 0.15) is 0 Å². The molecule has 0 aliphatic rings. The Balaban J connectivity index is 2.02. The van der Waals surface area contributed by atoms with E-state index in [9.17, 15) is 0 Å². The van der Waals surface area contributed by atoms with Crippen molar-refractivity contribution in [1.29, 1.82) is 0 Å². The summed E-state index contributed by atoms with van der Waals surface area (Å²) in [6.07, 6.45) is 2.07. The van der Waals surface area contributed by atoms with Crippen LogP contribution in [0.1, 0.15) is 30.7 Å². The Hall–Kier alpha value is -3.06. The average molecular weight is 366 g/mol. The fourth-order valence-corrected chi connectivity index (χ4v) is 4.26. The van der Waals surface area contributed by atoms with Crippen LogP contribution in [-0.2, 0) is 19.4 Å². The van der Waals surface area contributed by atoms with Gasteiger partial charge in [0.05, 0.1) is 5.69 Å². The first-order valence-electron chi connectivity index (χ1n) is 10.2. The van der Waals surface area contributed by atoms with Gasteiger partial charge in [-0.25, -0.2) is 0 Å². The standard InChI is InChI=1S/C27H27N/c1-3-24-25(4-2)28(20-21-14-8-5-9-15-21)27(23-18-12-7-13-19-23)26(24)22-16-10-6-11-17-22/h5-19H,3-4,20H2,1-2H3. The maximum Gasteiger partial charge on any atom is 0.0568 e. The molecule has 0 bridgehead atoms. The van der Waals surface area contributed by atoms with Gasteiger partial charge in [0.15, 0.2) is 0 Å². The number of rotatable bonds is 6. The SMILES string of the molecule is CCc1c(-c2ccccc2)c(-c2ccccc2)n(Cc2ccccc2)c1CC. The second kappa shape index (κ2) is 8.31. The summed E-state index contributed by atoms with van der Waals surface area (Å²) in [4.78, 5) is 0. The van der Waals surface area contributed by atoms with E-state index in [1.807, 2.05) is 0 Å². The van der Waals surface area contributed by atoms with E-state index in [1.54, 1.807) is 0 Å². The summed E-state index contributed by atoms with van der Waals surface area (Å²) in [5.74, 6) is 0. The highest BCUT2D eigenvalue weighted by molar-refractivity contribution is 5.85. The highest BCUT2D eigenvalue weighted by Gasteiger charge is 2.23. The molecule has 4 rings (SSSR count). The smallest absolute Gasteiger partial charge is 0.0568 e. The van der Waals surface area contributed by atoms with Gasteiger partial charge >= 0.3 is 0 Å². The Morgan fingerprint density at radius 3 is 1.68 bits per heavy atom. The molecule has 0 amide bonds. The van der Waals surface area contributed by atoms with Crippen LogP contribution in [0.2, 0.25) is 0 Å². The summed E-state index contributed by atoms with van der Waals surface area (Å²) in [5, 5.41) is 0. The Bertz CT molecular complexity index is 1030. The van der Waals surface area contributed by atoms with E-state index in [-0.39, 0.29) is 0 Å². The zero-order chi connectivity index (χ0) is 19.3. The number of hydrogen-bond acceptors (Lipinski definition) is 0. The van der Waals surface area contributed by atoms with Crippen LogP contribution in [0.15, 0.2) is 91.0 Å². The molecule has 0 N–H and O–H groups in total. The minimum absolute atomic E-state index is 0.897. The Kier molecular flexibility index (Phi) is 5.43. The molecule has 4 aromatic rings. The summed E-state index contributed by atoms with van der Waals surface area (Å²) in [7, 11) is 0. The van der Waals surface area contributed by atoms with Crippen LogP contribution in [-0.4, -0.2) is 4.57 Å².